The van der Waals surface area contributed by atoms with E-state index in [0.29, 0.717) is 23.7 Å². The highest BCUT2D eigenvalue weighted by Gasteiger charge is 2.23. The maximum Gasteiger partial charge on any atom is 0.337 e. The van der Waals surface area contributed by atoms with E-state index >= 15 is 0 Å². The largest absolute Gasteiger partial charge is 0.493 e. The van der Waals surface area contributed by atoms with Gasteiger partial charge in [0.25, 0.3) is 0 Å². The third-order valence-corrected chi connectivity index (χ3v) is 5.97. The summed E-state index contributed by atoms with van der Waals surface area (Å²) in [6.07, 6.45) is 3.76. The Bertz CT molecular complexity index is 1250. The quantitative estimate of drug-likeness (QED) is 0.407. The predicted molar refractivity (Wildman–Crippen MR) is 130 cm³/mol. The summed E-state index contributed by atoms with van der Waals surface area (Å²) in [7, 11) is 1.33. The number of rotatable bonds is 6. The average molecular weight is 478 g/mol. The van der Waals surface area contributed by atoms with E-state index in [1.807, 2.05) is 23.6 Å². The first-order valence-electron chi connectivity index (χ1n) is 10.6. The third kappa shape index (κ3) is 5.49. The van der Waals surface area contributed by atoms with E-state index in [9.17, 15) is 14.4 Å². The van der Waals surface area contributed by atoms with Crippen LogP contribution in [0.5, 0.6) is 5.75 Å². The van der Waals surface area contributed by atoms with Crippen LogP contribution in [0.3, 0.4) is 0 Å². The molecule has 1 atom stereocenters. The average Bonchev–Trinajstić information content (AvgIpc) is 3.30. The van der Waals surface area contributed by atoms with Crippen molar-refractivity contribution in [3.8, 4) is 17.0 Å². The number of nitrogens with one attached hydrogen (secondary N) is 2. The molecule has 3 aromatic rings. The zero-order valence-corrected chi connectivity index (χ0v) is 19.5. The number of ether oxygens (including phenoxy) is 2. The summed E-state index contributed by atoms with van der Waals surface area (Å²) in [5.74, 6) is -0.0657. The van der Waals surface area contributed by atoms with E-state index in [2.05, 4.69) is 20.4 Å². The van der Waals surface area contributed by atoms with Gasteiger partial charge in [0.2, 0.25) is 11.8 Å². The minimum atomic E-state index is -0.412. The molecule has 0 fully saturated rings. The van der Waals surface area contributed by atoms with Crippen LogP contribution in [0.15, 0.2) is 53.9 Å². The lowest BCUT2D eigenvalue weighted by molar-refractivity contribution is -0.120. The van der Waals surface area contributed by atoms with Gasteiger partial charge in [-0.1, -0.05) is 12.1 Å². The normalized spacial score (nSPS) is 14.7. The van der Waals surface area contributed by atoms with Crippen molar-refractivity contribution in [1.82, 2.24) is 10.3 Å². The molecule has 9 heteroatoms. The molecule has 1 unspecified atom stereocenters. The SMILES string of the molecule is COC(=O)c1ccc(/C=C/C(=O)Nc2nc(-c3ccc4c(c3)C(NC(C)=O)CCO4)cs2)cc1. The molecule has 0 saturated carbocycles. The van der Waals surface area contributed by atoms with Crippen molar-refractivity contribution in [2.75, 3.05) is 19.0 Å². The van der Waals surface area contributed by atoms with Gasteiger partial charge in [-0.15, -0.1) is 11.3 Å². The fourth-order valence-electron chi connectivity index (χ4n) is 3.58. The van der Waals surface area contributed by atoms with Crippen LogP contribution in [0.2, 0.25) is 0 Å². The summed E-state index contributed by atoms with van der Waals surface area (Å²) in [6.45, 7) is 2.05. The van der Waals surface area contributed by atoms with Crippen molar-refractivity contribution in [3.63, 3.8) is 0 Å². The smallest absolute Gasteiger partial charge is 0.337 e. The number of anilines is 1. The van der Waals surface area contributed by atoms with Crippen LogP contribution in [0.1, 0.15) is 40.9 Å². The molecule has 2 N–H and O–H groups in total. The van der Waals surface area contributed by atoms with Gasteiger partial charge < -0.3 is 14.8 Å². The lowest BCUT2D eigenvalue weighted by atomic mass is 9.97. The van der Waals surface area contributed by atoms with Crippen LogP contribution in [-0.2, 0) is 14.3 Å². The van der Waals surface area contributed by atoms with Gasteiger partial charge in [0, 0.05) is 35.9 Å². The molecule has 0 radical (unpaired) electrons. The fourth-order valence-corrected chi connectivity index (χ4v) is 4.30. The monoisotopic (exact) mass is 477 g/mol. The van der Waals surface area contributed by atoms with E-state index in [0.717, 1.165) is 28.1 Å². The number of fused-ring (bicyclic) bond motifs is 1. The number of aromatic nitrogens is 1. The molecule has 1 aliphatic heterocycles. The summed E-state index contributed by atoms with van der Waals surface area (Å²) in [4.78, 5) is 39.9. The minimum Gasteiger partial charge on any atom is -0.493 e. The van der Waals surface area contributed by atoms with Gasteiger partial charge in [-0.3, -0.25) is 14.9 Å². The number of esters is 1. The van der Waals surface area contributed by atoms with E-state index in [-0.39, 0.29) is 17.9 Å². The van der Waals surface area contributed by atoms with Crippen LogP contribution in [0.25, 0.3) is 17.3 Å². The van der Waals surface area contributed by atoms with Crippen molar-refractivity contribution in [2.24, 2.45) is 0 Å². The van der Waals surface area contributed by atoms with E-state index in [1.54, 1.807) is 30.3 Å². The maximum absolute atomic E-state index is 12.3. The molecule has 0 aliphatic carbocycles. The van der Waals surface area contributed by atoms with Crippen molar-refractivity contribution < 1.29 is 23.9 Å². The number of benzene rings is 2. The second-order valence-electron chi connectivity index (χ2n) is 7.62. The van der Waals surface area contributed by atoms with Crippen LogP contribution < -0.4 is 15.4 Å². The van der Waals surface area contributed by atoms with Crippen molar-refractivity contribution in [2.45, 2.75) is 19.4 Å². The second kappa shape index (κ2) is 10.3. The Morgan fingerprint density at radius 1 is 1.18 bits per heavy atom. The zero-order chi connectivity index (χ0) is 24.1. The summed E-state index contributed by atoms with van der Waals surface area (Å²) < 4.78 is 10.4. The lowest BCUT2D eigenvalue weighted by Crippen LogP contribution is -2.30. The zero-order valence-electron chi connectivity index (χ0n) is 18.7. The Balaban J connectivity index is 1.42. The summed E-state index contributed by atoms with van der Waals surface area (Å²) >= 11 is 1.32. The topological polar surface area (TPSA) is 107 Å². The molecule has 8 nitrogen and oxygen atoms in total. The van der Waals surface area contributed by atoms with Gasteiger partial charge in [0.05, 0.1) is 31.0 Å². The van der Waals surface area contributed by atoms with Gasteiger partial charge >= 0.3 is 5.97 Å². The number of carbonyl (C=O) groups excluding carboxylic acids is 3. The van der Waals surface area contributed by atoms with E-state index in [4.69, 9.17) is 4.74 Å². The van der Waals surface area contributed by atoms with Gasteiger partial charge in [0.15, 0.2) is 5.13 Å². The Kier molecular flexibility index (Phi) is 7.03. The van der Waals surface area contributed by atoms with Gasteiger partial charge in [-0.25, -0.2) is 9.78 Å². The molecule has 2 aromatic carbocycles. The number of nitrogens with zero attached hydrogens (tertiary/aromatic N) is 1. The first-order valence-corrected chi connectivity index (χ1v) is 11.5. The predicted octanol–water partition coefficient (Wildman–Crippen LogP) is 4.21. The van der Waals surface area contributed by atoms with Crippen molar-refractivity contribution in [3.05, 3.63) is 70.6 Å². The van der Waals surface area contributed by atoms with Gasteiger partial charge in [-0.05, 0) is 42.0 Å². The van der Waals surface area contributed by atoms with Crippen LogP contribution in [0, 0.1) is 0 Å². The molecule has 0 bridgehead atoms. The Morgan fingerprint density at radius 3 is 2.71 bits per heavy atom. The second-order valence-corrected chi connectivity index (χ2v) is 8.48. The van der Waals surface area contributed by atoms with E-state index in [1.165, 1.54) is 31.4 Å². The molecular weight excluding hydrogens is 454 g/mol. The molecule has 1 aliphatic rings. The summed E-state index contributed by atoms with van der Waals surface area (Å²) in [6, 6.07) is 12.4. The van der Waals surface area contributed by atoms with Gasteiger partial charge in [0.1, 0.15) is 5.75 Å². The highest BCUT2D eigenvalue weighted by atomic mass is 32.1. The molecule has 34 heavy (non-hydrogen) atoms. The summed E-state index contributed by atoms with van der Waals surface area (Å²) in [5, 5.41) is 8.06. The first-order chi connectivity index (χ1) is 16.4. The van der Waals surface area contributed by atoms with Crippen LogP contribution in [-0.4, -0.2) is 36.5 Å². The number of amides is 2. The molecule has 4 rings (SSSR count). The molecule has 174 valence electrons. The standard InChI is InChI=1S/C25H23N3O5S/c1-15(29)26-20-11-12-33-22-9-8-18(13-19(20)22)21-14-34-25(27-21)28-23(30)10-5-16-3-6-17(7-4-16)24(31)32-2/h3-10,13-14,20H,11-12H2,1-2H3,(H,26,29)(H,27,28,30)/b10-5+. The Hall–Kier alpha value is -3.98. The Morgan fingerprint density at radius 2 is 1.97 bits per heavy atom. The number of carbonyl (C=O) groups is 3. The van der Waals surface area contributed by atoms with Crippen LogP contribution in [0.4, 0.5) is 5.13 Å². The highest BCUT2D eigenvalue weighted by Crippen LogP contribution is 2.36. The molecule has 0 saturated heterocycles. The lowest BCUT2D eigenvalue weighted by Gasteiger charge is -2.26. The third-order valence-electron chi connectivity index (χ3n) is 5.22. The fraction of sp³-hybridized carbons (Fsp3) is 0.200. The van der Waals surface area contributed by atoms with Crippen molar-refractivity contribution >= 4 is 40.3 Å². The number of hydrogen-bond acceptors (Lipinski definition) is 7. The number of thiazole rings is 1. The number of hydrogen-bond donors (Lipinski definition) is 2. The van der Waals surface area contributed by atoms with Crippen molar-refractivity contribution in [1.29, 1.82) is 0 Å². The molecule has 2 heterocycles. The molecule has 1 aromatic heterocycles. The van der Waals surface area contributed by atoms with Crippen LogP contribution >= 0.6 is 11.3 Å². The van der Waals surface area contributed by atoms with Gasteiger partial charge in [-0.2, -0.15) is 0 Å². The molecular formula is C25H23N3O5S. The molecule has 2 amide bonds. The minimum absolute atomic E-state index is 0.0885. The first kappa shape index (κ1) is 23.2. The molecule has 0 spiro atoms. The highest BCUT2D eigenvalue weighted by molar-refractivity contribution is 7.14. The Labute approximate surface area is 200 Å². The number of methoxy groups -OCH3 is 1. The summed E-state index contributed by atoms with van der Waals surface area (Å²) in [5.41, 5.74) is 3.72. The van der Waals surface area contributed by atoms with E-state index < -0.39 is 5.97 Å². The maximum atomic E-state index is 12.3.